The third-order valence-electron chi connectivity index (χ3n) is 2.43. The number of aromatic hydroxyl groups is 1. The van der Waals surface area contributed by atoms with E-state index in [1.807, 2.05) is 18.2 Å². The number of nitrogens with one attached hydrogen (secondary N) is 2. The van der Waals surface area contributed by atoms with E-state index in [4.69, 9.17) is 0 Å². The van der Waals surface area contributed by atoms with E-state index in [0.717, 1.165) is 29.7 Å². The van der Waals surface area contributed by atoms with Gasteiger partial charge in [0.1, 0.15) is 5.75 Å². The van der Waals surface area contributed by atoms with Gasteiger partial charge in [-0.3, -0.25) is 0 Å². The third kappa shape index (κ3) is 2.84. The van der Waals surface area contributed by atoms with E-state index in [1.54, 1.807) is 0 Å². The molecule has 3 N–H and O–H groups in total. The SMILES string of the molecule is Cl.Oc1c(Br)cccc1[C@@H]1CNCCN1. The summed E-state index contributed by atoms with van der Waals surface area (Å²) in [5.41, 5.74) is 0.951. The lowest BCUT2D eigenvalue weighted by molar-refractivity contribution is 0.403. The van der Waals surface area contributed by atoms with Crippen molar-refractivity contribution in [2.75, 3.05) is 19.6 Å². The van der Waals surface area contributed by atoms with Gasteiger partial charge < -0.3 is 15.7 Å². The zero-order valence-corrected chi connectivity index (χ0v) is 10.6. The molecule has 84 valence electrons. The smallest absolute Gasteiger partial charge is 0.134 e. The summed E-state index contributed by atoms with van der Waals surface area (Å²) in [5, 5.41) is 16.5. The molecule has 1 aromatic rings. The third-order valence-corrected chi connectivity index (χ3v) is 3.07. The Morgan fingerprint density at radius 1 is 1.33 bits per heavy atom. The molecular weight excluding hydrogens is 279 g/mol. The van der Waals surface area contributed by atoms with Gasteiger partial charge in [0.25, 0.3) is 0 Å². The van der Waals surface area contributed by atoms with Gasteiger partial charge in [-0.25, -0.2) is 0 Å². The standard InChI is InChI=1S/C10H13BrN2O.ClH/c11-8-3-1-2-7(10(8)14)9-6-12-4-5-13-9;/h1-3,9,12-14H,4-6H2;1H/t9-;/m0./s1. The molecule has 15 heavy (non-hydrogen) atoms. The van der Waals surface area contributed by atoms with E-state index >= 15 is 0 Å². The van der Waals surface area contributed by atoms with Gasteiger partial charge in [-0.1, -0.05) is 12.1 Å². The van der Waals surface area contributed by atoms with Crippen molar-refractivity contribution in [1.82, 2.24) is 10.6 Å². The lowest BCUT2D eigenvalue weighted by Gasteiger charge is -2.25. The Kier molecular flexibility index (Phi) is 4.86. The van der Waals surface area contributed by atoms with Crippen molar-refractivity contribution < 1.29 is 5.11 Å². The predicted molar refractivity (Wildman–Crippen MR) is 66.7 cm³/mol. The van der Waals surface area contributed by atoms with Gasteiger partial charge in [0.15, 0.2) is 0 Å². The summed E-state index contributed by atoms with van der Waals surface area (Å²) in [7, 11) is 0. The molecular formula is C10H14BrClN2O. The van der Waals surface area contributed by atoms with Crippen LogP contribution in [0.2, 0.25) is 0 Å². The topological polar surface area (TPSA) is 44.3 Å². The van der Waals surface area contributed by atoms with Crippen LogP contribution in [-0.4, -0.2) is 24.7 Å². The van der Waals surface area contributed by atoms with Crippen LogP contribution in [0.25, 0.3) is 0 Å². The summed E-state index contributed by atoms with van der Waals surface area (Å²) in [6, 6.07) is 5.94. The summed E-state index contributed by atoms with van der Waals surface area (Å²) in [6.45, 7) is 2.80. The second-order valence-corrected chi connectivity index (χ2v) is 4.24. The Morgan fingerprint density at radius 2 is 2.13 bits per heavy atom. The predicted octanol–water partition coefficient (Wildman–Crippen LogP) is 1.81. The molecule has 0 amide bonds. The summed E-state index contributed by atoms with van der Waals surface area (Å²) in [5.74, 6) is 0.341. The molecule has 0 saturated carbocycles. The van der Waals surface area contributed by atoms with Crippen LogP contribution in [0.3, 0.4) is 0 Å². The second-order valence-electron chi connectivity index (χ2n) is 3.39. The van der Waals surface area contributed by atoms with Crippen molar-refractivity contribution in [3.63, 3.8) is 0 Å². The van der Waals surface area contributed by atoms with Crippen LogP contribution >= 0.6 is 28.3 Å². The Bertz CT molecular complexity index is 329. The first kappa shape index (κ1) is 12.8. The number of phenolic OH excluding ortho intramolecular Hbond substituents is 1. The van der Waals surface area contributed by atoms with E-state index in [2.05, 4.69) is 26.6 Å². The molecule has 2 rings (SSSR count). The first-order chi connectivity index (χ1) is 6.79. The van der Waals surface area contributed by atoms with Crippen molar-refractivity contribution >= 4 is 28.3 Å². The van der Waals surface area contributed by atoms with Crippen LogP contribution in [-0.2, 0) is 0 Å². The molecule has 3 nitrogen and oxygen atoms in total. The number of hydrogen-bond acceptors (Lipinski definition) is 3. The number of phenols is 1. The number of hydrogen-bond donors (Lipinski definition) is 3. The first-order valence-corrected chi connectivity index (χ1v) is 5.50. The zero-order valence-electron chi connectivity index (χ0n) is 8.16. The van der Waals surface area contributed by atoms with Gasteiger partial charge in [0, 0.05) is 31.2 Å². The molecule has 1 fully saturated rings. The minimum absolute atomic E-state index is 0. The molecule has 1 aliphatic heterocycles. The van der Waals surface area contributed by atoms with Crippen LogP contribution in [0.4, 0.5) is 0 Å². The maximum absolute atomic E-state index is 9.84. The monoisotopic (exact) mass is 292 g/mol. The first-order valence-electron chi connectivity index (χ1n) is 4.70. The molecule has 0 bridgehead atoms. The number of para-hydroxylation sites is 1. The highest BCUT2D eigenvalue weighted by atomic mass is 79.9. The fraction of sp³-hybridized carbons (Fsp3) is 0.400. The van der Waals surface area contributed by atoms with Gasteiger partial charge in [0.05, 0.1) is 4.47 Å². The van der Waals surface area contributed by atoms with Crippen LogP contribution in [0, 0.1) is 0 Å². The molecule has 1 aliphatic rings. The quantitative estimate of drug-likeness (QED) is 0.740. The van der Waals surface area contributed by atoms with E-state index in [0.29, 0.717) is 5.75 Å². The number of benzene rings is 1. The average Bonchev–Trinajstić information content (AvgIpc) is 2.23. The summed E-state index contributed by atoms with van der Waals surface area (Å²) in [4.78, 5) is 0. The zero-order chi connectivity index (χ0) is 9.97. The lowest BCUT2D eigenvalue weighted by atomic mass is 10.0. The van der Waals surface area contributed by atoms with Crippen molar-refractivity contribution in [3.05, 3.63) is 28.2 Å². The van der Waals surface area contributed by atoms with Gasteiger partial charge in [-0.05, 0) is 22.0 Å². The average molecular weight is 294 g/mol. The maximum atomic E-state index is 9.84. The maximum Gasteiger partial charge on any atom is 0.134 e. The van der Waals surface area contributed by atoms with E-state index in [-0.39, 0.29) is 18.4 Å². The van der Waals surface area contributed by atoms with Crippen molar-refractivity contribution in [3.8, 4) is 5.75 Å². The number of rotatable bonds is 1. The summed E-state index contributed by atoms with van der Waals surface area (Å²) >= 11 is 3.31. The Labute approximate surface area is 104 Å². The molecule has 1 saturated heterocycles. The van der Waals surface area contributed by atoms with Gasteiger partial charge in [-0.2, -0.15) is 0 Å². The minimum Gasteiger partial charge on any atom is -0.506 e. The fourth-order valence-corrected chi connectivity index (χ4v) is 2.07. The highest BCUT2D eigenvalue weighted by molar-refractivity contribution is 9.10. The Hall–Kier alpha value is -0.290. The van der Waals surface area contributed by atoms with Crippen LogP contribution in [0.1, 0.15) is 11.6 Å². The second kappa shape index (κ2) is 5.70. The normalized spacial score (nSPS) is 20.7. The minimum atomic E-state index is 0. The summed E-state index contributed by atoms with van der Waals surface area (Å²) < 4.78 is 0.752. The Balaban J connectivity index is 0.00000112. The lowest BCUT2D eigenvalue weighted by Crippen LogP contribution is -2.42. The largest absolute Gasteiger partial charge is 0.506 e. The van der Waals surface area contributed by atoms with Crippen molar-refractivity contribution in [1.29, 1.82) is 0 Å². The molecule has 1 atom stereocenters. The highest BCUT2D eigenvalue weighted by Gasteiger charge is 2.18. The van der Waals surface area contributed by atoms with Gasteiger partial charge in [-0.15, -0.1) is 12.4 Å². The summed E-state index contributed by atoms with van der Waals surface area (Å²) in [6.07, 6.45) is 0. The number of piperazine rings is 1. The molecule has 1 aromatic carbocycles. The van der Waals surface area contributed by atoms with Gasteiger partial charge >= 0.3 is 0 Å². The van der Waals surface area contributed by atoms with Crippen LogP contribution < -0.4 is 10.6 Å². The molecule has 1 heterocycles. The van der Waals surface area contributed by atoms with E-state index in [1.165, 1.54) is 0 Å². The van der Waals surface area contributed by atoms with E-state index < -0.39 is 0 Å². The highest BCUT2D eigenvalue weighted by Crippen LogP contribution is 2.31. The number of halogens is 2. The molecule has 0 radical (unpaired) electrons. The van der Waals surface area contributed by atoms with Crippen LogP contribution in [0.15, 0.2) is 22.7 Å². The molecule has 0 spiro atoms. The molecule has 5 heteroatoms. The molecule has 0 aliphatic carbocycles. The van der Waals surface area contributed by atoms with Crippen molar-refractivity contribution in [2.24, 2.45) is 0 Å². The van der Waals surface area contributed by atoms with Gasteiger partial charge in [0.2, 0.25) is 0 Å². The molecule has 0 aromatic heterocycles. The Morgan fingerprint density at radius 3 is 2.80 bits per heavy atom. The van der Waals surface area contributed by atoms with E-state index in [9.17, 15) is 5.11 Å². The molecule has 0 unspecified atom stereocenters. The van der Waals surface area contributed by atoms with Crippen molar-refractivity contribution in [2.45, 2.75) is 6.04 Å². The fourth-order valence-electron chi connectivity index (χ4n) is 1.69. The van der Waals surface area contributed by atoms with Crippen LogP contribution in [0.5, 0.6) is 5.75 Å².